The molecule has 0 spiro atoms. The maximum Gasteiger partial charge on any atom is 0.226 e. The lowest BCUT2D eigenvalue weighted by molar-refractivity contribution is -0.135. The fourth-order valence-electron chi connectivity index (χ4n) is 4.30. The minimum atomic E-state index is 0.123. The lowest BCUT2D eigenvalue weighted by Gasteiger charge is -2.36. The summed E-state index contributed by atoms with van der Waals surface area (Å²) in [4.78, 5) is 26.4. The van der Waals surface area contributed by atoms with Crippen LogP contribution in [0.1, 0.15) is 25.0 Å². The summed E-state index contributed by atoms with van der Waals surface area (Å²) in [5, 5.41) is 0. The van der Waals surface area contributed by atoms with E-state index in [1.54, 1.807) is 0 Å². The Morgan fingerprint density at radius 1 is 1.04 bits per heavy atom. The topological polar surface area (TPSA) is 49.3 Å². The second-order valence-corrected chi connectivity index (χ2v) is 7.91. The molecule has 1 atom stereocenters. The van der Waals surface area contributed by atoms with Crippen molar-refractivity contribution < 1.29 is 4.79 Å². The lowest BCUT2D eigenvalue weighted by Crippen LogP contribution is -2.41. The van der Waals surface area contributed by atoms with Crippen molar-refractivity contribution in [2.45, 2.75) is 26.2 Å². The molecule has 5 heteroatoms. The van der Waals surface area contributed by atoms with Crippen LogP contribution in [-0.2, 0) is 4.79 Å². The van der Waals surface area contributed by atoms with Gasteiger partial charge in [-0.15, -0.1) is 0 Å². The van der Waals surface area contributed by atoms with Gasteiger partial charge in [0.25, 0.3) is 0 Å². The summed E-state index contributed by atoms with van der Waals surface area (Å²) in [6.45, 7) is 4.63. The maximum atomic E-state index is 12.7. The number of carbonyl (C=O) groups is 1. The van der Waals surface area contributed by atoms with Crippen molar-refractivity contribution in [3.05, 3.63) is 54.2 Å². The Bertz CT molecular complexity index is 856. The Morgan fingerprint density at radius 3 is 2.54 bits per heavy atom. The van der Waals surface area contributed by atoms with Gasteiger partial charge in [-0.25, -0.2) is 9.97 Å². The number of hydrogen-bond donors (Lipinski definition) is 0. The van der Waals surface area contributed by atoms with Gasteiger partial charge in [-0.3, -0.25) is 4.79 Å². The maximum absolute atomic E-state index is 12.7. The Labute approximate surface area is 167 Å². The number of amides is 1. The van der Waals surface area contributed by atoms with Crippen molar-refractivity contribution in [2.24, 2.45) is 11.8 Å². The van der Waals surface area contributed by atoms with E-state index in [2.05, 4.69) is 28.1 Å². The van der Waals surface area contributed by atoms with E-state index in [4.69, 9.17) is 4.98 Å². The molecule has 1 aromatic carbocycles. The number of piperidine rings is 1. The average molecular weight is 377 g/mol. The highest BCUT2D eigenvalue weighted by atomic mass is 16.2. The number of aryl methyl sites for hydroxylation is 1. The van der Waals surface area contributed by atoms with Gasteiger partial charge in [-0.2, -0.15) is 0 Å². The number of carbonyl (C=O) groups excluding carboxylic acids is 1. The van der Waals surface area contributed by atoms with E-state index < -0.39 is 0 Å². The van der Waals surface area contributed by atoms with Gasteiger partial charge in [-0.1, -0.05) is 42.5 Å². The first-order valence-corrected chi connectivity index (χ1v) is 10.2. The van der Waals surface area contributed by atoms with Crippen molar-refractivity contribution >= 4 is 11.7 Å². The predicted molar refractivity (Wildman–Crippen MR) is 112 cm³/mol. The third-order valence-electron chi connectivity index (χ3n) is 5.93. The zero-order valence-electron chi connectivity index (χ0n) is 16.7. The lowest BCUT2D eigenvalue weighted by atomic mass is 9.81. The third-order valence-corrected chi connectivity index (χ3v) is 5.93. The number of allylic oxidation sites excluding steroid dienone is 1. The largest absolute Gasteiger partial charge is 0.356 e. The van der Waals surface area contributed by atoms with Crippen molar-refractivity contribution in [3.8, 4) is 11.4 Å². The first kappa shape index (κ1) is 18.7. The predicted octanol–water partition coefficient (Wildman–Crippen LogP) is 3.70. The van der Waals surface area contributed by atoms with Crippen LogP contribution in [0.15, 0.2) is 48.6 Å². The van der Waals surface area contributed by atoms with Crippen LogP contribution in [0.3, 0.4) is 0 Å². The molecule has 2 aliphatic rings. The van der Waals surface area contributed by atoms with E-state index in [0.717, 1.165) is 61.8 Å². The second-order valence-electron chi connectivity index (χ2n) is 7.91. The highest BCUT2D eigenvalue weighted by Crippen LogP contribution is 2.32. The summed E-state index contributed by atoms with van der Waals surface area (Å²) in [5.41, 5.74) is 2.03. The van der Waals surface area contributed by atoms with E-state index in [1.165, 1.54) is 0 Å². The summed E-state index contributed by atoms with van der Waals surface area (Å²) in [5.74, 6) is 2.65. The first-order chi connectivity index (χ1) is 13.6. The van der Waals surface area contributed by atoms with Gasteiger partial charge in [0, 0.05) is 49.9 Å². The third kappa shape index (κ3) is 3.93. The zero-order chi connectivity index (χ0) is 19.5. The van der Waals surface area contributed by atoms with E-state index in [0.29, 0.717) is 11.8 Å². The molecule has 0 saturated carbocycles. The quantitative estimate of drug-likeness (QED) is 0.767. The fourth-order valence-corrected chi connectivity index (χ4v) is 4.30. The van der Waals surface area contributed by atoms with Crippen molar-refractivity contribution in [3.63, 3.8) is 0 Å². The molecule has 146 valence electrons. The molecule has 0 N–H and O–H groups in total. The van der Waals surface area contributed by atoms with E-state index in [1.807, 2.05) is 49.2 Å². The van der Waals surface area contributed by atoms with Gasteiger partial charge in [0.2, 0.25) is 5.91 Å². The number of nitrogens with zero attached hydrogens (tertiary/aromatic N) is 4. The Balaban J connectivity index is 1.47. The standard InChI is InChI=1S/C23H28N4O/c1-17-16-21(25-22(24-17)19-8-4-3-5-9-19)27-14-11-18(12-15-27)20-10-6-7-13-26(2)23(20)28/h3-9,16,18,20H,10-15H2,1-2H3/t20-/m0/s1. The molecule has 0 radical (unpaired) electrons. The van der Waals surface area contributed by atoms with Crippen LogP contribution in [0.2, 0.25) is 0 Å². The van der Waals surface area contributed by atoms with Gasteiger partial charge in [0.1, 0.15) is 5.82 Å². The van der Waals surface area contributed by atoms with Gasteiger partial charge in [0.15, 0.2) is 5.82 Å². The summed E-state index contributed by atoms with van der Waals surface area (Å²) in [6.07, 6.45) is 7.22. The number of hydrogen-bond acceptors (Lipinski definition) is 4. The molecule has 0 bridgehead atoms. The minimum Gasteiger partial charge on any atom is -0.356 e. The smallest absolute Gasteiger partial charge is 0.226 e. The molecule has 3 heterocycles. The molecule has 1 aromatic heterocycles. The molecule has 5 nitrogen and oxygen atoms in total. The highest BCUT2D eigenvalue weighted by Gasteiger charge is 2.33. The summed E-state index contributed by atoms with van der Waals surface area (Å²) >= 11 is 0. The van der Waals surface area contributed by atoms with Gasteiger partial charge in [0.05, 0.1) is 0 Å². The van der Waals surface area contributed by atoms with Crippen LogP contribution in [0.25, 0.3) is 11.4 Å². The van der Waals surface area contributed by atoms with E-state index in [9.17, 15) is 4.79 Å². The summed E-state index contributed by atoms with van der Waals surface area (Å²) in [7, 11) is 1.91. The number of benzene rings is 1. The molecule has 1 fully saturated rings. The monoisotopic (exact) mass is 376 g/mol. The molecular formula is C23H28N4O. The van der Waals surface area contributed by atoms with Gasteiger partial charge >= 0.3 is 0 Å². The highest BCUT2D eigenvalue weighted by molar-refractivity contribution is 5.79. The van der Waals surface area contributed by atoms with Crippen LogP contribution in [0, 0.1) is 18.8 Å². The minimum absolute atomic E-state index is 0.123. The summed E-state index contributed by atoms with van der Waals surface area (Å²) in [6, 6.07) is 12.2. The van der Waals surface area contributed by atoms with E-state index in [-0.39, 0.29) is 5.92 Å². The second kappa shape index (κ2) is 8.13. The van der Waals surface area contributed by atoms with Crippen LogP contribution in [0.4, 0.5) is 5.82 Å². The van der Waals surface area contributed by atoms with Crippen LogP contribution >= 0.6 is 0 Å². The molecule has 1 saturated heterocycles. The molecule has 4 rings (SSSR count). The molecule has 2 aliphatic heterocycles. The van der Waals surface area contributed by atoms with E-state index >= 15 is 0 Å². The summed E-state index contributed by atoms with van der Waals surface area (Å²) < 4.78 is 0. The van der Waals surface area contributed by atoms with Crippen LogP contribution in [-0.4, -0.2) is 47.5 Å². The Kier molecular flexibility index (Phi) is 5.42. The van der Waals surface area contributed by atoms with Gasteiger partial charge < -0.3 is 9.80 Å². The van der Waals surface area contributed by atoms with Crippen molar-refractivity contribution in [1.82, 2.24) is 14.9 Å². The van der Waals surface area contributed by atoms with Crippen LogP contribution < -0.4 is 4.90 Å². The molecule has 28 heavy (non-hydrogen) atoms. The Morgan fingerprint density at radius 2 is 1.79 bits per heavy atom. The van der Waals surface area contributed by atoms with Crippen molar-refractivity contribution in [1.29, 1.82) is 0 Å². The molecular weight excluding hydrogens is 348 g/mol. The Hall–Kier alpha value is -2.69. The van der Waals surface area contributed by atoms with Crippen LogP contribution in [0.5, 0.6) is 0 Å². The zero-order valence-corrected chi connectivity index (χ0v) is 16.7. The molecule has 0 unspecified atom stereocenters. The first-order valence-electron chi connectivity index (χ1n) is 10.2. The normalized spacial score (nSPS) is 21.1. The fraction of sp³-hybridized carbons (Fsp3) is 0.435. The number of rotatable bonds is 3. The molecule has 1 amide bonds. The van der Waals surface area contributed by atoms with Gasteiger partial charge in [-0.05, 0) is 32.1 Å². The molecule has 2 aromatic rings. The average Bonchev–Trinajstić information content (AvgIpc) is 2.89. The van der Waals surface area contributed by atoms with Crippen molar-refractivity contribution in [2.75, 3.05) is 31.6 Å². The number of aromatic nitrogens is 2. The molecule has 0 aliphatic carbocycles. The number of likely N-dealkylation sites (N-methyl/N-ethyl adjacent to an activating group) is 1. The number of anilines is 1. The SMILES string of the molecule is Cc1cc(N2CCC([C@@H]3CC=CCN(C)C3=O)CC2)nc(-c2ccccc2)n1.